The lowest BCUT2D eigenvalue weighted by Crippen LogP contribution is -2.38. The van der Waals surface area contributed by atoms with Crippen LogP contribution in [-0.4, -0.2) is 35.7 Å². The molecule has 1 aromatic rings. The monoisotopic (exact) mass is 304 g/mol. The molecular formula is C17H20O5. The van der Waals surface area contributed by atoms with Gasteiger partial charge in [-0.05, 0) is 37.6 Å². The number of carbonyl (C=O) groups is 2. The van der Waals surface area contributed by atoms with E-state index in [9.17, 15) is 14.7 Å². The van der Waals surface area contributed by atoms with Gasteiger partial charge in [0.25, 0.3) is 0 Å². The van der Waals surface area contributed by atoms with Gasteiger partial charge in [0.1, 0.15) is 16.9 Å². The topological polar surface area (TPSA) is 72.8 Å². The number of phenolic OH excluding ortho intramolecular Hbond substituents is 1. The molecule has 1 fully saturated rings. The van der Waals surface area contributed by atoms with Crippen LogP contribution in [0.5, 0.6) is 5.75 Å². The molecule has 0 saturated carbocycles. The van der Waals surface area contributed by atoms with Crippen LogP contribution in [0.4, 0.5) is 0 Å². The highest BCUT2D eigenvalue weighted by molar-refractivity contribution is 6.19. The summed E-state index contributed by atoms with van der Waals surface area (Å²) in [4.78, 5) is 24.1. The van der Waals surface area contributed by atoms with Crippen molar-refractivity contribution in [2.24, 2.45) is 0 Å². The van der Waals surface area contributed by atoms with Gasteiger partial charge in [0.2, 0.25) is 0 Å². The summed E-state index contributed by atoms with van der Waals surface area (Å²) in [6, 6.07) is 6.34. The first-order valence-corrected chi connectivity index (χ1v) is 7.22. The van der Waals surface area contributed by atoms with Crippen molar-refractivity contribution in [3.63, 3.8) is 0 Å². The van der Waals surface area contributed by atoms with Crippen molar-refractivity contribution in [3.05, 3.63) is 35.4 Å². The van der Waals surface area contributed by atoms with Gasteiger partial charge in [0, 0.05) is 12.8 Å². The molecule has 2 rings (SSSR count). The maximum absolute atomic E-state index is 12.3. The quantitative estimate of drug-likeness (QED) is 0.400. The van der Waals surface area contributed by atoms with E-state index in [-0.39, 0.29) is 17.1 Å². The van der Waals surface area contributed by atoms with Gasteiger partial charge in [-0.3, -0.25) is 4.79 Å². The fraction of sp³-hybridized carbons (Fsp3) is 0.412. The molecule has 5 heteroatoms. The molecule has 22 heavy (non-hydrogen) atoms. The Morgan fingerprint density at radius 1 is 1.32 bits per heavy atom. The number of hydrogen-bond donors (Lipinski definition) is 1. The van der Waals surface area contributed by atoms with Gasteiger partial charge in [0.15, 0.2) is 5.78 Å². The minimum absolute atomic E-state index is 0.0293. The zero-order valence-electron chi connectivity index (χ0n) is 12.8. The third-order valence-corrected chi connectivity index (χ3v) is 3.67. The molecule has 0 radical (unpaired) electrons. The molecule has 1 N–H and O–H groups in total. The summed E-state index contributed by atoms with van der Waals surface area (Å²) in [6.07, 6.45) is 2.65. The molecule has 0 aliphatic carbocycles. The van der Waals surface area contributed by atoms with E-state index in [0.717, 1.165) is 0 Å². The summed E-state index contributed by atoms with van der Waals surface area (Å²) in [5.74, 6) is -0.939. The average Bonchev–Trinajstić information content (AvgIpc) is 2.44. The van der Waals surface area contributed by atoms with Gasteiger partial charge < -0.3 is 14.6 Å². The number of phenols is 1. The standard InChI is InChI=1S/C17H20O5/c1-12(18)15(11-13-4-3-5-14(19)10-13)16(20)22-17(2)6-8-21-9-7-17/h3-5,10-11,19H,6-9H2,1-2H3. The van der Waals surface area contributed by atoms with Gasteiger partial charge >= 0.3 is 5.97 Å². The molecule has 0 amide bonds. The largest absolute Gasteiger partial charge is 0.508 e. The van der Waals surface area contributed by atoms with Crippen LogP contribution in [0.1, 0.15) is 32.3 Å². The molecule has 1 aromatic carbocycles. The second-order valence-corrected chi connectivity index (χ2v) is 5.66. The van der Waals surface area contributed by atoms with Crippen LogP contribution in [0.2, 0.25) is 0 Å². The molecular weight excluding hydrogens is 284 g/mol. The van der Waals surface area contributed by atoms with Crippen molar-refractivity contribution in [2.75, 3.05) is 13.2 Å². The lowest BCUT2D eigenvalue weighted by atomic mass is 9.96. The molecule has 0 bridgehead atoms. The van der Waals surface area contributed by atoms with Crippen LogP contribution in [0.3, 0.4) is 0 Å². The summed E-state index contributed by atoms with van der Waals surface area (Å²) in [7, 11) is 0. The molecule has 1 aliphatic rings. The minimum Gasteiger partial charge on any atom is -0.508 e. The van der Waals surface area contributed by atoms with E-state index >= 15 is 0 Å². The summed E-state index contributed by atoms with van der Waals surface area (Å²) in [6.45, 7) is 4.24. The lowest BCUT2D eigenvalue weighted by molar-refractivity contribution is -0.161. The van der Waals surface area contributed by atoms with Crippen molar-refractivity contribution in [1.82, 2.24) is 0 Å². The molecule has 0 aromatic heterocycles. The molecule has 1 heterocycles. The fourth-order valence-corrected chi connectivity index (χ4v) is 2.27. The van der Waals surface area contributed by atoms with E-state index in [4.69, 9.17) is 9.47 Å². The Kier molecular flexibility index (Phi) is 4.98. The van der Waals surface area contributed by atoms with Crippen LogP contribution in [-0.2, 0) is 19.1 Å². The van der Waals surface area contributed by atoms with Crippen molar-refractivity contribution < 1.29 is 24.2 Å². The number of Topliss-reactive ketones (excluding diaryl/α,β-unsaturated/α-hetero) is 1. The maximum Gasteiger partial charge on any atom is 0.342 e. The number of ketones is 1. The zero-order valence-corrected chi connectivity index (χ0v) is 12.8. The first-order valence-electron chi connectivity index (χ1n) is 7.22. The van der Waals surface area contributed by atoms with E-state index in [1.54, 1.807) is 12.1 Å². The van der Waals surface area contributed by atoms with Gasteiger partial charge in [0.05, 0.1) is 13.2 Å². The van der Waals surface area contributed by atoms with E-state index < -0.39 is 11.6 Å². The van der Waals surface area contributed by atoms with Gasteiger partial charge in [-0.1, -0.05) is 12.1 Å². The fourth-order valence-electron chi connectivity index (χ4n) is 2.27. The third kappa shape index (κ3) is 4.18. The van der Waals surface area contributed by atoms with Gasteiger partial charge in [-0.25, -0.2) is 4.79 Å². The Morgan fingerprint density at radius 2 is 2.00 bits per heavy atom. The van der Waals surface area contributed by atoms with E-state index in [2.05, 4.69) is 0 Å². The summed E-state index contributed by atoms with van der Waals surface area (Å²) in [5, 5.41) is 9.46. The van der Waals surface area contributed by atoms with Crippen molar-refractivity contribution in [3.8, 4) is 5.75 Å². The van der Waals surface area contributed by atoms with Crippen LogP contribution < -0.4 is 0 Å². The molecule has 0 unspecified atom stereocenters. The number of aromatic hydroxyl groups is 1. The van der Waals surface area contributed by atoms with E-state index in [1.165, 1.54) is 25.1 Å². The molecule has 5 nitrogen and oxygen atoms in total. The second-order valence-electron chi connectivity index (χ2n) is 5.66. The van der Waals surface area contributed by atoms with Crippen molar-refractivity contribution >= 4 is 17.8 Å². The first kappa shape index (κ1) is 16.2. The number of rotatable bonds is 4. The number of benzene rings is 1. The molecule has 0 atom stereocenters. The molecule has 118 valence electrons. The Hall–Kier alpha value is -2.14. The minimum atomic E-state index is -0.639. The Labute approximate surface area is 129 Å². The predicted molar refractivity (Wildman–Crippen MR) is 81.3 cm³/mol. The van der Waals surface area contributed by atoms with Crippen molar-refractivity contribution in [1.29, 1.82) is 0 Å². The van der Waals surface area contributed by atoms with Crippen LogP contribution >= 0.6 is 0 Å². The Bertz CT molecular complexity index is 597. The second kappa shape index (κ2) is 6.75. The zero-order chi connectivity index (χ0) is 16.2. The first-order chi connectivity index (χ1) is 10.4. The number of ether oxygens (including phenoxy) is 2. The third-order valence-electron chi connectivity index (χ3n) is 3.67. The van der Waals surface area contributed by atoms with Crippen LogP contribution in [0, 0.1) is 0 Å². The smallest absolute Gasteiger partial charge is 0.342 e. The normalized spacial score (nSPS) is 17.8. The van der Waals surface area contributed by atoms with Crippen molar-refractivity contribution in [2.45, 2.75) is 32.3 Å². The highest BCUT2D eigenvalue weighted by Crippen LogP contribution is 2.26. The Morgan fingerprint density at radius 3 is 2.59 bits per heavy atom. The summed E-state index contributed by atoms with van der Waals surface area (Å²) >= 11 is 0. The molecule has 0 spiro atoms. The number of hydrogen-bond acceptors (Lipinski definition) is 5. The highest BCUT2D eigenvalue weighted by atomic mass is 16.6. The van der Waals surface area contributed by atoms with Gasteiger partial charge in [-0.2, -0.15) is 0 Å². The van der Waals surface area contributed by atoms with E-state index in [0.29, 0.717) is 31.6 Å². The number of carbonyl (C=O) groups excluding carboxylic acids is 2. The SMILES string of the molecule is CC(=O)C(=Cc1cccc(O)c1)C(=O)OC1(C)CCOCC1. The molecule has 1 aliphatic heterocycles. The van der Waals surface area contributed by atoms with E-state index in [1.807, 2.05) is 6.92 Å². The predicted octanol–water partition coefficient (Wildman–Crippen LogP) is 2.48. The molecule has 1 saturated heterocycles. The van der Waals surface area contributed by atoms with Gasteiger partial charge in [-0.15, -0.1) is 0 Å². The van der Waals surface area contributed by atoms with Crippen LogP contribution in [0.25, 0.3) is 6.08 Å². The highest BCUT2D eigenvalue weighted by Gasteiger charge is 2.33. The Balaban J connectivity index is 2.20. The maximum atomic E-state index is 12.3. The average molecular weight is 304 g/mol. The summed E-state index contributed by atoms with van der Waals surface area (Å²) < 4.78 is 10.8. The number of esters is 1. The summed E-state index contributed by atoms with van der Waals surface area (Å²) in [5.41, 5.74) is -0.0690. The van der Waals surface area contributed by atoms with Crippen LogP contribution in [0.15, 0.2) is 29.8 Å². The lowest BCUT2D eigenvalue weighted by Gasteiger charge is -2.33.